The molecule has 3 heterocycles. The molecule has 0 saturated heterocycles. The molecule has 4 aromatic rings. The van der Waals surface area contributed by atoms with Crippen molar-refractivity contribution in [3.63, 3.8) is 0 Å². The van der Waals surface area contributed by atoms with Crippen molar-refractivity contribution < 1.29 is 14.3 Å². The van der Waals surface area contributed by atoms with Gasteiger partial charge in [0.2, 0.25) is 0 Å². The van der Waals surface area contributed by atoms with E-state index in [9.17, 15) is 4.79 Å². The third-order valence-electron chi connectivity index (χ3n) is 4.71. The molecule has 0 N–H and O–H groups in total. The molecule has 0 fully saturated rings. The second kappa shape index (κ2) is 7.93. The molecule has 30 heavy (non-hydrogen) atoms. The van der Waals surface area contributed by atoms with Crippen LogP contribution in [0.1, 0.15) is 15.9 Å². The molecule has 8 heteroatoms. The molecule has 0 unspecified atom stereocenters. The van der Waals surface area contributed by atoms with Crippen molar-refractivity contribution in [3.05, 3.63) is 77.1 Å². The number of ether oxygens (including phenoxy) is 2. The molecule has 0 atom stereocenters. The topological polar surface area (TPSA) is 64.6 Å². The maximum absolute atomic E-state index is 13.5. The SMILES string of the molecule is O=C(c1ccc2c(c1)OCCO2)N(Cc1ccncc1)c1nc2c(Cl)cccc2s1. The number of halogens is 1. The van der Waals surface area contributed by atoms with Gasteiger partial charge in [-0.15, -0.1) is 0 Å². The first-order valence-electron chi connectivity index (χ1n) is 9.34. The molecule has 5 rings (SSSR count). The minimum absolute atomic E-state index is 0.182. The number of hydrogen-bond donors (Lipinski definition) is 0. The van der Waals surface area contributed by atoms with E-state index in [0.29, 0.717) is 52.5 Å². The summed E-state index contributed by atoms with van der Waals surface area (Å²) in [5, 5.41) is 1.14. The quantitative estimate of drug-likeness (QED) is 0.451. The van der Waals surface area contributed by atoms with Gasteiger partial charge >= 0.3 is 0 Å². The molecule has 2 aromatic heterocycles. The monoisotopic (exact) mass is 437 g/mol. The number of fused-ring (bicyclic) bond motifs is 2. The van der Waals surface area contributed by atoms with Crippen LogP contribution in [0, 0.1) is 0 Å². The summed E-state index contributed by atoms with van der Waals surface area (Å²) in [7, 11) is 0. The Bertz CT molecular complexity index is 1230. The van der Waals surface area contributed by atoms with Gasteiger partial charge < -0.3 is 9.47 Å². The summed E-state index contributed by atoms with van der Waals surface area (Å²) in [5.74, 6) is 1.03. The van der Waals surface area contributed by atoms with Crippen molar-refractivity contribution in [2.24, 2.45) is 0 Å². The van der Waals surface area contributed by atoms with Crippen molar-refractivity contribution in [2.75, 3.05) is 18.1 Å². The zero-order chi connectivity index (χ0) is 20.5. The molecular weight excluding hydrogens is 422 g/mol. The first-order valence-corrected chi connectivity index (χ1v) is 10.5. The second-order valence-electron chi connectivity index (χ2n) is 6.69. The Balaban J connectivity index is 1.56. The predicted octanol–water partition coefficient (Wildman–Crippen LogP) is 4.96. The first-order chi connectivity index (χ1) is 14.7. The number of anilines is 1. The highest BCUT2D eigenvalue weighted by Gasteiger charge is 2.24. The molecule has 0 saturated carbocycles. The summed E-state index contributed by atoms with van der Waals surface area (Å²) >= 11 is 7.74. The number of amides is 1. The lowest BCUT2D eigenvalue weighted by atomic mass is 10.1. The fourth-order valence-electron chi connectivity index (χ4n) is 3.25. The highest BCUT2D eigenvalue weighted by Crippen LogP contribution is 2.35. The Morgan fingerprint density at radius 3 is 2.67 bits per heavy atom. The molecule has 0 aliphatic carbocycles. The van der Waals surface area contributed by atoms with Gasteiger partial charge in [-0.1, -0.05) is 29.0 Å². The van der Waals surface area contributed by atoms with E-state index in [-0.39, 0.29) is 5.91 Å². The number of carbonyl (C=O) groups excluding carboxylic acids is 1. The largest absolute Gasteiger partial charge is 0.486 e. The van der Waals surface area contributed by atoms with Gasteiger partial charge in [0.15, 0.2) is 16.6 Å². The van der Waals surface area contributed by atoms with E-state index in [2.05, 4.69) is 9.97 Å². The van der Waals surface area contributed by atoms with Gasteiger partial charge in [0.25, 0.3) is 5.91 Å². The summed E-state index contributed by atoms with van der Waals surface area (Å²) in [6, 6.07) is 14.6. The van der Waals surface area contributed by atoms with Gasteiger partial charge in [-0.25, -0.2) is 4.98 Å². The van der Waals surface area contributed by atoms with E-state index in [1.165, 1.54) is 11.3 Å². The number of hydrogen-bond acceptors (Lipinski definition) is 6. The molecule has 0 bridgehead atoms. The molecular formula is C22H16ClN3O3S. The normalized spacial score (nSPS) is 12.7. The summed E-state index contributed by atoms with van der Waals surface area (Å²) in [6.07, 6.45) is 3.41. The number of aromatic nitrogens is 2. The maximum Gasteiger partial charge on any atom is 0.260 e. The van der Waals surface area contributed by atoms with Gasteiger partial charge in [-0.05, 0) is 48.0 Å². The Morgan fingerprint density at radius 1 is 1.07 bits per heavy atom. The molecule has 0 radical (unpaired) electrons. The van der Waals surface area contributed by atoms with Crippen LogP contribution in [0.3, 0.4) is 0 Å². The number of pyridine rings is 1. The first kappa shape index (κ1) is 18.8. The average molecular weight is 438 g/mol. The van der Waals surface area contributed by atoms with Crippen LogP contribution in [-0.2, 0) is 6.54 Å². The smallest absolute Gasteiger partial charge is 0.260 e. The van der Waals surface area contributed by atoms with Crippen LogP contribution >= 0.6 is 22.9 Å². The molecule has 150 valence electrons. The zero-order valence-electron chi connectivity index (χ0n) is 15.7. The lowest BCUT2D eigenvalue weighted by Gasteiger charge is -2.22. The van der Waals surface area contributed by atoms with Crippen LogP contribution in [0.4, 0.5) is 5.13 Å². The van der Waals surface area contributed by atoms with Crippen LogP contribution in [-0.4, -0.2) is 29.1 Å². The number of carbonyl (C=O) groups is 1. The van der Waals surface area contributed by atoms with E-state index in [1.54, 1.807) is 41.6 Å². The van der Waals surface area contributed by atoms with Crippen molar-refractivity contribution in [1.82, 2.24) is 9.97 Å². The number of rotatable bonds is 4. The van der Waals surface area contributed by atoms with E-state index in [4.69, 9.17) is 21.1 Å². The van der Waals surface area contributed by atoms with Gasteiger partial charge in [0, 0.05) is 18.0 Å². The third-order valence-corrected chi connectivity index (χ3v) is 6.06. The Hall–Kier alpha value is -3.16. The number of benzene rings is 2. The second-order valence-corrected chi connectivity index (χ2v) is 8.10. The fraction of sp³-hybridized carbons (Fsp3) is 0.136. The van der Waals surface area contributed by atoms with E-state index in [0.717, 1.165) is 10.3 Å². The molecule has 1 aliphatic rings. The molecule has 1 aliphatic heterocycles. The van der Waals surface area contributed by atoms with Crippen molar-refractivity contribution in [2.45, 2.75) is 6.54 Å². The third kappa shape index (κ3) is 3.58. The number of para-hydroxylation sites is 1. The summed E-state index contributed by atoms with van der Waals surface area (Å²) < 4.78 is 12.1. The highest BCUT2D eigenvalue weighted by atomic mass is 35.5. The lowest BCUT2D eigenvalue weighted by Crippen LogP contribution is -2.30. The van der Waals surface area contributed by atoms with Crippen LogP contribution in [0.15, 0.2) is 60.9 Å². The summed E-state index contributed by atoms with van der Waals surface area (Å²) in [6.45, 7) is 1.32. The summed E-state index contributed by atoms with van der Waals surface area (Å²) in [5.41, 5.74) is 2.13. The fourth-order valence-corrected chi connectivity index (χ4v) is 4.51. The number of nitrogens with zero attached hydrogens (tertiary/aromatic N) is 3. The molecule has 6 nitrogen and oxygen atoms in total. The van der Waals surface area contributed by atoms with E-state index >= 15 is 0 Å². The van der Waals surface area contributed by atoms with Crippen molar-refractivity contribution in [3.8, 4) is 11.5 Å². The summed E-state index contributed by atoms with van der Waals surface area (Å²) in [4.78, 5) is 23.9. The van der Waals surface area contributed by atoms with E-state index in [1.807, 2.05) is 24.3 Å². The Morgan fingerprint density at radius 2 is 1.87 bits per heavy atom. The molecule has 2 aromatic carbocycles. The Labute approximate surface area is 181 Å². The predicted molar refractivity (Wildman–Crippen MR) is 117 cm³/mol. The van der Waals surface area contributed by atoms with Crippen LogP contribution in [0.2, 0.25) is 5.02 Å². The minimum atomic E-state index is -0.182. The zero-order valence-corrected chi connectivity index (χ0v) is 17.3. The van der Waals surface area contributed by atoms with Crippen LogP contribution in [0.25, 0.3) is 10.2 Å². The van der Waals surface area contributed by atoms with Crippen molar-refractivity contribution in [1.29, 1.82) is 0 Å². The molecule has 1 amide bonds. The van der Waals surface area contributed by atoms with Crippen LogP contribution < -0.4 is 14.4 Å². The van der Waals surface area contributed by atoms with Gasteiger partial charge in [0.05, 0.1) is 16.3 Å². The van der Waals surface area contributed by atoms with Gasteiger partial charge in [-0.2, -0.15) is 0 Å². The van der Waals surface area contributed by atoms with Crippen molar-refractivity contribution >= 4 is 44.2 Å². The van der Waals surface area contributed by atoms with Gasteiger partial charge in [0.1, 0.15) is 18.7 Å². The molecule has 0 spiro atoms. The minimum Gasteiger partial charge on any atom is -0.486 e. The van der Waals surface area contributed by atoms with Crippen LogP contribution in [0.5, 0.6) is 11.5 Å². The number of thiazole rings is 1. The highest BCUT2D eigenvalue weighted by molar-refractivity contribution is 7.22. The average Bonchev–Trinajstić information content (AvgIpc) is 3.23. The van der Waals surface area contributed by atoms with E-state index < -0.39 is 0 Å². The Kier molecular flexibility index (Phi) is 4.98. The maximum atomic E-state index is 13.5. The standard InChI is InChI=1S/C22H16ClN3O3S/c23-16-2-1-3-19-20(16)25-22(30-19)26(13-14-6-8-24-9-7-14)21(27)15-4-5-17-18(12-15)29-11-10-28-17/h1-9,12H,10-11,13H2. The lowest BCUT2D eigenvalue weighted by molar-refractivity contribution is 0.0984. The van der Waals surface area contributed by atoms with Gasteiger partial charge in [-0.3, -0.25) is 14.7 Å².